The molecule has 1 saturated heterocycles. The largest absolute Gasteiger partial charge is 0.395 e. The van der Waals surface area contributed by atoms with Gasteiger partial charge in [-0.2, -0.15) is 0 Å². The summed E-state index contributed by atoms with van der Waals surface area (Å²) in [5.41, 5.74) is 7.08. The molecule has 1 unspecified atom stereocenters. The van der Waals surface area contributed by atoms with Crippen molar-refractivity contribution in [2.45, 2.75) is 19.4 Å². The maximum Gasteiger partial charge on any atom is 0.245 e. The molecular weight excluding hydrogens is 254 g/mol. The average molecular weight is 279 g/mol. The van der Waals surface area contributed by atoms with Gasteiger partial charge >= 0.3 is 0 Å². The van der Waals surface area contributed by atoms with Gasteiger partial charge in [0, 0.05) is 44.9 Å². The Kier molecular flexibility index (Phi) is 4.98. The lowest BCUT2D eigenvalue weighted by atomic mass is 10.1. The Hall–Kier alpha value is -1.59. The van der Waals surface area contributed by atoms with Crippen LogP contribution in [0.5, 0.6) is 0 Å². The Bertz CT molecular complexity index is 452. The van der Waals surface area contributed by atoms with E-state index in [0.717, 1.165) is 31.9 Å². The van der Waals surface area contributed by atoms with Crippen molar-refractivity contribution in [3.63, 3.8) is 0 Å². The van der Waals surface area contributed by atoms with Crippen LogP contribution in [0.4, 0.5) is 0 Å². The molecule has 112 valence electrons. The lowest BCUT2D eigenvalue weighted by Gasteiger charge is -2.39. The molecule has 3 N–H and O–H groups in total. The predicted molar refractivity (Wildman–Crippen MR) is 80.9 cm³/mol. The Morgan fingerprint density at radius 3 is 2.75 bits per heavy atom. The molecule has 1 atom stereocenters. The Balaban J connectivity index is 0.00000220. The van der Waals surface area contributed by atoms with Gasteiger partial charge in [0.05, 0.1) is 6.61 Å². The fourth-order valence-electron chi connectivity index (χ4n) is 2.55. The molecule has 0 aromatic heterocycles. The Morgan fingerprint density at radius 2 is 2.15 bits per heavy atom. The van der Waals surface area contributed by atoms with Crippen molar-refractivity contribution in [3.05, 3.63) is 35.6 Å². The van der Waals surface area contributed by atoms with Crippen molar-refractivity contribution >= 4 is 5.91 Å². The first-order valence-corrected chi connectivity index (χ1v) is 7.09. The van der Waals surface area contributed by atoms with Crippen LogP contribution in [0.1, 0.15) is 14.8 Å². The van der Waals surface area contributed by atoms with Crippen LogP contribution in [0.25, 0.3) is 0 Å². The lowest BCUT2D eigenvalue weighted by Crippen LogP contribution is -2.49. The van der Waals surface area contributed by atoms with E-state index in [9.17, 15) is 9.90 Å². The molecule has 5 heteroatoms. The first-order chi connectivity index (χ1) is 9.61. The minimum atomic E-state index is -0.352. The minimum Gasteiger partial charge on any atom is -0.395 e. The Morgan fingerprint density at radius 1 is 1.45 bits per heavy atom. The summed E-state index contributed by atoms with van der Waals surface area (Å²) in [4.78, 5) is 15.9. The fraction of sp³-hybridized carbons (Fsp3) is 0.533. The van der Waals surface area contributed by atoms with Crippen molar-refractivity contribution < 1.29 is 11.3 Å². The fourth-order valence-corrected chi connectivity index (χ4v) is 2.55. The molecule has 1 aliphatic heterocycles. The summed E-state index contributed by atoms with van der Waals surface area (Å²) >= 11 is 0. The second-order valence-electron chi connectivity index (χ2n) is 5.31. The maximum absolute atomic E-state index is 11.4. The molecule has 2 aliphatic rings. The number of piperazine rings is 1. The van der Waals surface area contributed by atoms with Gasteiger partial charge in [-0.3, -0.25) is 9.69 Å². The highest BCUT2D eigenvalue weighted by atomic mass is 16.3. The molecule has 0 bridgehead atoms. The highest BCUT2D eigenvalue weighted by molar-refractivity contribution is 5.92. The zero-order valence-corrected chi connectivity index (χ0v) is 12.0. The van der Waals surface area contributed by atoms with Crippen molar-refractivity contribution in [3.8, 4) is 0 Å². The molecule has 1 fully saturated rings. The summed E-state index contributed by atoms with van der Waals surface area (Å²) < 4.78 is 0. The molecule has 1 amide bonds. The molecule has 0 radical (unpaired) electrons. The predicted octanol–water partition coefficient (Wildman–Crippen LogP) is 0.486. The monoisotopic (exact) mass is 279 g/mol. The number of allylic oxidation sites excluding steroid dienone is 4. The van der Waals surface area contributed by atoms with Crippen LogP contribution >= 0.6 is 0 Å². The number of hydrogen-bond donors (Lipinski definition) is 2. The Labute approximate surface area is 121 Å². The second-order valence-corrected chi connectivity index (χ2v) is 5.31. The van der Waals surface area contributed by atoms with Crippen LogP contribution in [0.15, 0.2) is 35.6 Å². The number of primary amides is 1. The number of hydrogen-bond acceptors (Lipinski definition) is 4. The number of amides is 1. The normalized spacial score (nSPS) is 22.0. The van der Waals surface area contributed by atoms with Crippen LogP contribution < -0.4 is 5.73 Å². The van der Waals surface area contributed by atoms with E-state index in [1.165, 1.54) is 0 Å². The van der Waals surface area contributed by atoms with E-state index in [1.807, 2.05) is 31.2 Å². The standard InChI is InChI=1S/C15H23N3O2.H2/c1-12(11-19)17-6-8-18(9-7-17)14-5-3-2-4-13(10-14)15(16)20;/h2-3,5,10,12,19H,4,6-9,11H2,1H3,(H2,16,20);1H. The van der Waals surface area contributed by atoms with E-state index >= 15 is 0 Å². The molecule has 2 rings (SSSR count). The summed E-state index contributed by atoms with van der Waals surface area (Å²) in [6.07, 6.45) is 8.45. The first kappa shape index (κ1) is 14.8. The second kappa shape index (κ2) is 6.72. The van der Waals surface area contributed by atoms with Crippen molar-refractivity contribution in [1.29, 1.82) is 0 Å². The molecule has 5 nitrogen and oxygen atoms in total. The number of aliphatic hydroxyl groups excluding tert-OH is 1. The molecule has 0 aromatic carbocycles. The summed E-state index contributed by atoms with van der Waals surface area (Å²) in [5, 5.41) is 9.20. The number of carbonyl (C=O) groups is 1. The van der Waals surface area contributed by atoms with E-state index in [4.69, 9.17) is 5.73 Å². The highest BCUT2D eigenvalue weighted by Gasteiger charge is 2.21. The lowest BCUT2D eigenvalue weighted by molar-refractivity contribution is -0.114. The molecule has 20 heavy (non-hydrogen) atoms. The highest BCUT2D eigenvalue weighted by Crippen LogP contribution is 2.18. The number of nitrogens with two attached hydrogens (primary N) is 1. The van der Waals surface area contributed by atoms with Gasteiger partial charge in [0.1, 0.15) is 0 Å². The minimum absolute atomic E-state index is 0. The quantitative estimate of drug-likeness (QED) is 0.785. The zero-order chi connectivity index (χ0) is 14.5. The van der Waals surface area contributed by atoms with Gasteiger partial charge in [0.25, 0.3) is 0 Å². The topological polar surface area (TPSA) is 69.8 Å². The average Bonchev–Trinajstić information content (AvgIpc) is 2.72. The SMILES string of the molecule is CC(CO)N1CCN(C2=CC=CCC(C(N)=O)=C2)CC1.[HH]. The van der Waals surface area contributed by atoms with Gasteiger partial charge in [-0.25, -0.2) is 0 Å². The van der Waals surface area contributed by atoms with E-state index in [-0.39, 0.29) is 20.0 Å². The summed E-state index contributed by atoms with van der Waals surface area (Å²) in [5.74, 6) is -0.352. The maximum atomic E-state index is 11.4. The smallest absolute Gasteiger partial charge is 0.245 e. The molecule has 0 spiro atoms. The number of nitrogens with zero attached hydrogens (tertiary/aromatic N) is 2. The third-order valence-corrected chi connectivity index (χ3v) is 3.95. The number of carbonyl (C=O) groups excluding carboxylic acids is 1. The third-order valence-electron chi connectivity index (χ3n) is 3.95. The van der Waals surface area contributed by atoms with Crippen LogP contribution in [0.3, 0.4) is 0 Å². The molecule has 1 aliphatic carbocycles. The van der Waals surface area contributed by atoms with Crippen LogP contribution in [0, 0.1) is 0 Å². The van der Waals surface area contributed by atoms with Gasteiger partial charge in [0.15, 0.2) is 0 Å². The number of rotatable bonds is 4. The van der Waals surface area contributed by atoms with Crippen LogP contribution in [-0.2, 0) is 4.79 Å². The van der Waals surface area contributed by atoms with E-state index in [0.29, 0.717) is 12.0 Å². The summed E-state index contributed by atoms with van der Waals surface area (Å²) in [7, 11) is 0. The molecule has 0 saturated carbocycles. The van der Waals surface area contributed by atoms with Gasteiger partial charge in [-0.1, -0.05) is 12.2 Å². The van der Waals surface area contributed by atoms with E-state index < -0.39 is 0 Å². The molecule has 0 aromatic rings. The molecule has 1 heterocycles. The van der Waals surface area contributed by atoms with Gasteiger partial charge in [-0.15, -0.1) is 0 Å². The van der Waals surface area contributed by atoms with Crippen molar-refractivity contribution in [2.75, 3.05) is 32.8 Å². The van der Waals surface area contributed by atoms with Gasteiger partial charge in [-0.05, 0) is 25.5 Å². The molecular formula is C15H25N3O2. The summed E-state index contributed by atoms with van der Waals surface area (Å²) in [6.45, 7) is 5.86. The van der Waals surface area contributed by atoms with Gasteiger partial charge < -0.3 is 15.7 Å². The van der Waals surface area contributed by atoms with Crippen molar-refractivity contribution in [1.82, 2.24) is 9.80 Å². The summed E-state index contributed by atoms with van der Waals surface area (Å²) in [6, 6.07) is 0.205. The van der Waals surface area contributed by atoms with E-state index in [1.54, 1.807) is 0 Å². The first-order valence-electron chi connectivity index (χ1n) is 7.09. The van der Waals surface area contributed by atoms with E-state index in [2.05, 4.69) is 9.80 Å². The third kappa shape index (κ3) is 3.49. The van der Waals surface area contributed by atoms with Gasteiger partial charge in [0.2, 0.25) is 5.91 Å². The number of aliphatic hydroxyl groups is 1. The zero-order valence-electron chi connectivity index (χ0n) is 12.0. The van der Waals surface area contributed by atoms with Crippen molar-refractivity contribution in [2.24, 2.45) is 5.73 Å². The van der Waals surface area contributed by atoms with Crippen LogP contribution in [0.2, 0.25) is 0 Å². The van der Waals surface area contributed by atoms with Crippen LogP contribution in [-0.4, -0.2) is 59.6 Å².